The predicted octanol–water partition coefficient (Wildman–Crippen LogP) is 3.88. The van der Waals surface area contributed by atoms with E-state index in [1.165, 1.54) is 12.5 Å². The quantitative estimate of drug-likeness (QED) is 0.786. The lowest BCUT2D eigenvalue weighted by Crippen LogP contribution is -2.21. The Morgan fingerprint density at radius 3 is 2.75 bits per heavy atom. The van der Waals surface area contributed by atoms with Gasteiger partial charge in [0.1, 0.15) is 11.5 Å². The third-order valence-electron chi connectivity index (χ3n) is 4.39. The van der Waals surface area contributed by atoms with E-state index in [0.717, 1.165) is 22.6 Å². The van der Waals surface area contributed by atoms with Gasteiger partial charge in [-0.25, -0.2) is 0 Å². The fraction of sp³-hybridized carbons (Fsp3) is 0.350. The molecule has 1 N–H and O–H groups in total. The highest BCUT2D eigenvalue weighted by Crippen LogP contribution is 2.47. The Labute approximate surface area is 142 Å². The summed E-state index contributed by atoms with van der Waals surface area (Å²) < 4.78 is 10.9. The normalized spacial score (nSPS) is 19.6. The second kappa shape index (κ2) is 7.49. The van der Waals surface area contributed by atoms with Gasteiger partial charge in [-0.15, -0.1) is 0 Å². The third kappa shape index (κ3) is 4.15. The van der Waals surface area contributed by atoms with Gasteiger partial charge in [-0.05, 0) is 41.7 Å². The van der Waals surface area contributed by atoms with Crippen molar-refractivity contribution in [2.24, 2.45) is 5.92 Å². The first kappa shape index (κ1) is 16.5. The second-order valence-electron chi connectivity index (χ2n) is 6.31. The molecule has 1 saturated carbocycles. The van der Waals surface area contributed by atoms with Crippen LogP contribution in [-0.4, -0.2) is 13.0 Å². The summed E-state index contributed by atoms with van der Waals surface area (Å²) in [4.78, 5) is 12.0. The van der Waals surface area contributed by atoms with E-state index >= 15 is 0 Å². The molecule has 4 nitrogen and oxygen atoms in total. The Bertz CT molecular complexity index is 732. The predicted molar refractivity (Wildman–Crippen MR) is 93.3 cm³/mol. The van der Waals surface area contributed by atoms with E-state index in [1.807, 2.05) is 36.4 Å². The molecule has 1 aromatic carbocycles. The Balaban J connectivity index is 1.53. The van der Waals surface area contributed by atoms with Gasteiger partial charge in [0.15, 0.2) is 0 Å². The molecule has 1 aromatic heterocycles. The van der Waals surface area contributed by atoms with Crippen molar-refractivity contribution in [3.05, 3.63) is 65.1 Å². The fourth-order valence-corrected chi connectivity index (χ4v) is 2.80. The molecule has 24 heavy (non-hydrogen) atoms. The van der Waals surface area contributed by atoms with Gasteiger partial charge >= 0.3 is 0 Å². The number of hydrogen-bond donors (Lipinski definition) is 1. The van der Waals surface area contributed by atoms with Gasteiger partial charge in [-0.2, -0.15) is 0 Å². The maximum atomic E-state index is 12.0. The monoisotopic (exact) mass is 325 g/mol. The molecule has 0 unspecified atom stereocenters. The summed E-state index contributed by atoms with van der Waals surface area (Å²) in [5, 5.41) is 2.89. The molecular weight excluding hydrogens is 302 g/mol. The summed E-state index contributed by atoms with van der Waals surface area (Å²) in [5.74, 6) is 2.87. The number of ether oxygens (including phenoxy) is 1. The largest absolute Gasteiger partial charge is 0.461 e. The summed E-state index contributed by atoms with van der Waals surface area (Å²) in [6.07, 6.45) is 4.42. The van der Waals surface area contributed by atoms with Gasteiger partial charge in [-0.1, -0.05) is 31.2 Å². The van der Waals surface area contributed by atoms with Crippen LogP contribution in [0.4, 0.5) is 0 Å². The number of amides is 1. The van der Waals surface area contributed by atoms with E-state index < -0.39 is 0 Å². The van der Waals surface area contributed by atoms with E-state index in [0.29, 0.717) is 25.0 Å². The zero-order valence-corrected chi connectivity index (χ0v) is 14.1. The minimum atomic E-state index is -0.139. The van der Waals surface area contributed by atoms with Gasteiger partial charge in [0, 0.05) is 25.6 Å². The number of rotatable bonds is 7. The van der Waals surface area contributed by atoms with Crippen molar-refractivity contribution in [1.82, 2.24) is 5.32 Å². The molecule has 126 valence electrons. The number of nitrogens with one attached hydrogen (secondary N) is 1. The Morgan fingerprint density at radius 1 is 1.29 bits per heavy atom. The minimum Gasteiger partial charge on any atom is -0.461 e. The van der Waals surface area contributed by atoms with E-state index in [2.05, 4.69) is 12.2 Å². The van der Waals surface area contributed by atoms with Crippen molar-refractivity contribution in [1.29, 1.82) is 0 Å². The van der Waals surface area contributed by atoms with Gasteiger partial charge in [0.05, 0.1) is 6.61 Å². The summed E-state index contributed by atoms with van der Waals surface area (Å²) in [6.45, 7) is 3.24. The van der Waals surface area contributed by atoms with E-state index in [-0.39, 0.29) is 5.91 Å². The topological polar surface area (TPSA) is 51.5 Å². The number of hydrogen-bond acceptors (Lipinski definition) is 3. The highest BCUT2D eigenvalue weighted by molar-refractivity contribution is 5.91. The molecule has 4 heteroatoms. The maximum absolute atomic E-state index is 12.0. The van der Waals surface area contributed by atoms with Crippen molar-refractivity contribution < 1.29 is 13.9 Å². The van der Waals surface area contributed by atoms with Crippen molar-refractivity contribution in [3.63, 3.8) is 0 Å². The molecule has 2 atom stereocenters. The molecule has 3 rings (SSSR count). The Hall–Kier alpha value is -2.33. The first-order chi connectivity index (χ1) is 11.7. The molecular formula is C20H23NO3. The van der Waals surface area contributed by atoms with Crippen LogP contribution in [0.3, 0.4) is 0 Å². The molecule has 1 heterocycles. The smallest absolute Gasteiger partial charge is 0.244 e. The van der Waals surface area contributed by atoms with Gasteiger partial charge in [0.25, 0.3) is 0 Å². The standard InChI is InChI=1S/C20H23NO3/c1-14-11-18(14)19-9-7-17(24-19)8-10-20(22)21-12-15-5-3-4-6-16(15)13-23-2/h3-10,14,18H,11-13H2,1-2H3,(H,21,22)/b10-8+/t14-,18-/m1/s1. The number of furan rings is 1. The third-order valence-corrected chi connectivity index (χ3v) is 4.39. The highest BCUT2D eigenvalue weighted by Gasteiger charge is 2.36. The summed E-state index contributed by atoms with van der Waals surface area (Å²) in [7, 11) is 1.66. The Kier molecular flexibility index (Phi) is 5.16. The average Bonchev–Trinajstić information content (AvgIpc) is 3.13. The van der Waals surface area contributed by atoms with E-state index in [9.17, 15) is 4.79 Å². The molecule has 0 spiro atoms. The number of benzene rings is 1. The second-order valence-corrected chi connectivity index (χ2v) is 6.31. The zero-order valence-electron chi connectivity index (χ0n) is 14.1. The summed E-state index contributed by atoms with van der Waals surface area (Å²) >= 11 is 0. The van der Waals surface area contributed by atoms with Crippen LogP contribution < -0.4 is 5.32 Å². The molecule has 0 saturated heterocycles. The van der Waals surface area contributed by atoms with Crippen LogP contribution in [0.15, 0.2) is 46.9 Å². The highest BCUT2D eigenvalue weighted by atomic mass is 16.5. The van der Waals surface area contributed by atoms with Crippen LogP contribution in [0.2, 0.25) is 0 Å². The van der Waals surface area contributed by atoms with Crippen molar-refractivity contribution >= 4 is 12.0 Å². The van der Waals surface area contributed by atoms with Gasteiger partial charge in [0.2, 0.25) is 5.91 Å². The van der Waals surface area contributed by atoms with Crippen molar-refractivity contribution in [2.45, 2.75) is 32.4 Å². The number of carbonyl (C=O) groups is 1. The van der Waals surface area contributed by atoms with Crippen LogP contribution in [0, 0.1) is 5.92 Å². The van der Waals surface area contributed by atoms with Crippen LogP contribution >= 0.6 is 0 Å². The van der Waals surface area contributed by atoms with Gasteiger partial charge < -0.3 is 14.5 Å². The average molecular weight is 325 g/mol. The molecule has 0 aliphatic heterocycles. The van der Waals surface area contributed by atoms with Crippen LogP contribution in [-0.2, 0) is 22.7 Å². The Morgan fingerprint density at radius 2 is 2.04 bits per heavy atom. The molecule has 1 aliphatic carbocycles. The molecule has 1 amide bonds. The number of carbonyl (C=O) groups excluding carboxylic acids is 1. The molecule has 2 aromatic rings. The van der Waals surface area contributed by atoms with Crippen LogP contribution in [0.5, 0.6) is 0 Å². The van der Waals surface area contributed by atoms with E-state index in [1.54, 1.807) is 13.2 Å². The number of methoxy groups -OCH3 is 1. The van der Waals surface area contributed by atoms with Crippen LogP contribution in [0.25, 0.3) is 6.08 Å². The summed E-state index contributed by atoms with van der Waals surface area (Å²) in [5.41, 5.74) is 2.14. The summed E-state index contributed by atoms with van der Waals surface area (Å²) in [6, 6.07) is 11.8. The van der Waals surface area contributed by atoms with Crippen LogP contribution in [0.1, 0.15) is 41.9 Å². The molecule has 0 radical (unpaired) electrons. The fourth-order valence-electron chi connectivity index (χ4n) is 2.80. The van der Waals surface area contributed by atoms with Gasteiger partial charge in [-0.3, -0.25) is 4.79 Å². The first-order valence-corrected chi connectivity index (χ1v) is 8.28. The maximum Gasteiger partial charge on any atom is 0.244 e. The lowest BCUT2D eigenvalue weighted by molar-refractivity contribution is -0.116. The minimum absolute atomic E-state index is 0.139. The SMILES string of the molecule is COCc1ccccc1CNC(=O)/C=C/c1ccc([C@@H]2C[C@H]2C)o1. The van der Waals surface area contributed by atoms with Crippen molar-refractivity contribution in [3.8, 4) is 0 Å². The zero-order chi connectivity index (χ0) is 16.9. The first-order valence-electron chi connectivity index (χ1n) is 8.28. The molecule has 1 aliphatic rings. The van der Waals surface area contributed by atoms with E-state index in [4.69, 9.17) is 9.15 Å². The molecule has 1 fully saturated rings. The van der Waals surface area contributed by atoms with Crippen molar-refractivity contribution in [2.75, 3.05) is 7.11 Å². The lowest BCUT2D eigenvalue weighted by atomic mass is 10.1. The lowest BCUT2D eigenvalue weighted by Gasteiger charge is -2.08. The molecule has 0 bridgehead atoms.